The summed E-state index contributed by atoms with van der Waals surface area (Å²) in [6.07, 6.45) is -0.721. The molecular formula is C11H20FNO2. The van der Waals surface area contributed by atoms with E-state index >= 15 is 0 Å². The zero-order valence-electron chi connectivity index (χ0n) is 9.84. The number of ether oxygens (including phenoxy) is 1. The summed E-state index contributed by atoms with van der Waals surface area (Å²) < 4.78 is 18.9. The van der Waals surface area contributed by atoms with E-state index in [1.165, 1.54) is 0 Å². The van der Waals surface area contributed by atoms with Gasteiger partial charge in [0.15, 0.2) is 6.17 Å². The van der Waals surface area contributed by atoms with Gasteiger partial charge >= 0.3 is 0 Å². The lowest BCUT2D eigenvalue weighted by Crippen LogP contribution is -2.36. The molecule has 1 saturated heterocycles. The monoisotopic (exact) mass is 217 g/mol. The summed E-state index contributed by atoms with van der Waals surface area (Å²) in [6.45, 7) is 8.10. The van der Waals surface area contributed by atoms with Crippen LogP contribution in [0.4, 0.5) is 4.39 Å². The van der Waals surface area contributed by atoms with Gasteiger partial charge in [-0.15, -0.1) is 0 Å². The fraction of sp³-hybridized carbons (Fsp3) is 0.909. The maximum absolute atomic E-state index is 13.4. The molecule has 0 saturated carbocycles. The molecule has 0 unspecified atom stereocenters. The first-order valence-electron chi connectivity index (χ1n) is 5.43. The third-order valence-corrected chi connectivity index (χ3v) is 2.64. The highest BCUT2D eigenvalue weighted by Crippen LogP contribution is 2.24. The predicted molar refractivity (Wildman–Crippen MR) is 56.3 cm³/mol. The highest BCUT2D eigenvalue weighted by Gasteiger charge is 2.41. The smallest absolute Gasteiger partial charge is 0.255 e. The van der Waals surface area contributed by atoms with Crippen molar-refractivity contribution in [3.8, 4) is 0 Å². The SMILES string of the molecule is CC[C@@H]1[C@H](F)C(=O)N[C@@H]1COC(C)(C)C. The van der Waals surface area contributed by atoms with E-state index in [0.29, 0.717) is 13.0 Å². The molecule has 15 heavy (non-hydrogen) atoms. The molecule has 1 aliphatic rings. The fourth-order valence-electron chi connectivity index (χ4n) is 1.76. The lowest BCUT2D eigenvalue weighted by Gasteiger charge is -2.24. The van der Waals surface area contributed by atoms with E-state index in [2.05, 4.69) is 5.32 Å². The molecule has 1 fully saturated rings. The maximum atomic E-state index is 13.4. The number of nitrogens with one attached hydrogen (secondary N) is 1. The Kier molecular flexibility index (Phi) is 3.71. The average molecular weight is 217 g/mol. The van der Waals surface area contributed by atoms with E-state index in [-0.39, 0.29) is 17.6 Å². The molecule has 0 aromatic rings. The number of carbonyl (C=O) groups is 1. The number of hydrogen-bond donors (Lipinski definition) is 1. The summed E-state index contributed by atoms with van der Waals surface area (Å²) in [5.74, 6) is -0.746. The number of rotatable bonds is 3. The Hall–Kier alpha value is -0.640. The topological polar surface area (TPSA) is 38.3 Å². The van der Waals surface area contributed by atoms with Gasteiger partial charge in [0.25, 0.3) is 5.91 Å². The summed E-state index contributed by atoms with van der Waals surface area (Å²) in [5.41, 5.74) is -0.253. The molecule has 4 heteroatoms. The van der Waals surface area contributed by atoms with Gasteiger partial charge in [0.2, 0.25) is 0 Å². The van der Waals surface area contributed by atoms with E-state index in [0.717, 1.165) is 0 Å². The van der Waals surface area contributed by atoms with Gasteiger partial charge in [0, 0.05) is 5.92 Å². The minimum absolute atomic E-state index is 0.184. The average Bonchev–Trinajstić information content (AvgIpc) is 2.38. The number of halogens is 1. The van der Waals surface area contributed by atoms with Crippen molar-refractivity contribution in [1.82, 2.24) is 5.32 Å². The van der Waals surface area contributed by atoms with E-state index < -0.39 is 12.1 Å². The van der Waals surface area contributed by atoms with Crippen molar-refractivity contribution in [3.05, 3.63) is 0 Å². The maximum Gasteiger partial charge on any atom is 0.255 e. The van der Waals surface area contributed by atoms with Gasteiger partial charge in [-0.1, -0.05) is 6.92 Å². The van der Waals surface area contributed by atoms with Crippen LogP contribution >= 0.6 is 0 Å². The van der Waals surface area contributed by atoms with E-state index in [1.807, 2.05) is 27.7 Å². The van der Waals surface area contributed by atoms with Crippen LogP contribution in [0, 0.1) is 5.92 Å². The molecule has 0 aromatic carbocycles. The van der Waals surface area contributed by atoms with Crippen molar-refractivity contribution in [2.45, 2.75) is 51.9 Å². The second-order valence-electron chi connectivity index (χ2n) is 5.01. The Balaban J connectivity index is 2.52. The van der Waals surface area contributed by atoms with Crippen molar-refractivity contribution in [2.75, 3.05) is 6.61 Å². The first-order chi connectivity index (χ1) is 6.85. The highest BCUT2D eigenvalue weighted by atomic mass is 19.1. The fourth-order valence-corrected chi connectivity index (χ4v) is 1.76. The van der Waals surface area contributed by atoms with E-state index in [1.54, 1.807) is 0 Å². The molecule has 1 amide bonds. The van der Waals surface area contributed by atoms with Crippen molar-refractivity contribution in [3.63, 3.8) is 0 Å². The number of carbonyl (C=O) groups excluding carboxylic acids is 1. The van der Waals surface area contributed by atoms with Crippen LogP contribution in [0.15, 0.2) is 0 Å². The molecule has 0 spiro atoms. The zero-order chi connectivity index (χ0) is 11.6. The Morgan fingerprint density at radius 1 is 1.47 bits per heavy atom. The van der Waals surface area contributed by atoms with Crippen LogP contribution in [-0.4, -0.2) is 30.3 Å². The predicted octanol–water partition coefficient (Wildman–Crippen LogP) is 1.66. The van der Waals surface area contributed by atoms with Gasteiger partial charge in [0.05, 0.1) is 18.2 Å². The van der Waals surface area contributed by atoms with Crippen molar-refractivity contribution in [1.29, 1.82) is 0 Å². The summed E-state index contributed by atoms with van der Waals surface area (Å²) >= 11 is 0. The first kappa shape index (κ1) is 12.4. The van der Waals surface area contributed by atoms with E-state index in [9.17, 15) is 9.18 Å². The molecule has 1 aliphatic heterocycles. The van der Waals surface area contributed by atoms with Crippen LogP contribution in [0.3, 0.4) is 0 Å². The Labute approximate surface area is 90.4 Å². The number of amides is 1. The van der Waals surface area contributed by atoms with Crippen molar-refractivity contribution >= 4 is 5.91 Å². The molecular weight excluding hydrogens is 197 g/mol. The van der Waals surface area contributed by atoms with Gasteiger partial charge in [0.1, 0.15) is 0 Å². The molecule has 1 N–H and O–H groups in total. The second kappa shape index (κ2) is 4.47. The summed E-state index contributed by atoms with van der Waals surface area (Å²) in [5, 5.41) is 2.64. The Morgan fingerprint density at radius 2 is 2.07 bits per heavy atom. The molecule has 3 nitrogen and oxygen atoms in total. The highest BCUT2D eigenvalue weighted by molar-refractivity contribution is 5.83. The summed E-state index contributed by atoms with van der Waals surface area (Å²) in [4.78, 5) is 11.1. The molecule has 0 aliphatic carbocycles. The van der Waals surface area contributed by atoms with Crippen LogP contribution in [0.5, 0.6) is 0 Å². The van der Waals surface area contributed by atoms with Crippen molar-refractivity contribution in [2.24, 2.45) is 5.92 Å². The van der Waals surface area contributed by atoms with E-state index in [4.69, 9.17) is 4.74 Å². The summed E-state index contributed by atoms with van der Waals surface area (Å²) in [7, 11) is 0. The first-order valence-corrected chi connectivity index (χ1v) is 5.43. The molecule has 0 aromatic heterocycles. The molecule has 88 valence electrons. The third kappa shape index (κ3) is 3.16. The molecule has 1 heterocycles. The van der Waals surface area contributed by atoms with Crippen LogP contribution in [0.25, 0.3) is 0 Å². The molecule has 0 radical (unpaired) electrons. The van der Waals surface area contributed by atoms with Gasteiger partial charge in [-0.3, -0.25) is 4.79 Å². The van der Waals surface area contributed by atoms with Crippen LogP contribution in [0.1, 0.15) is 34.1 Å². The van der Waals surface area contributed by atoms with Gasteiger partial charge in [-0.2, -0.15) is 0 Å². The second-order valence-corrected chi connectivity index (χ2v) is 5.01. The van der Waals surface area contributed by atoms with Crippen LogP contribution in [-0.2, 0) is 9.53 Å². The Bertz CT molecular complexity index is 237. The standard InChI is InChI=1S/C11H20FNO2/c1-5-7-8(6-15-11(2,3)4)13-10(14)9(7)12/h7-9H,5-6H2,1-4H3,(H,13,14)/t7-,8+,9-/m0/s1. The molecule has 0 bridgehead atoms. The zero-order valence-corrected chi connectivity index (χ0v) is 9.84. The quantitative estimate of drug-likeness (QED) is 0.781. The minimum atomic E-state index is -1.37. The number of hydrogen-bond acceptors (Lipinski definition) is 2. The lowest BCUT2D eigenvalue weighted by atomic mass is 9.97. The van der Waals surface area contributed by atoms with Gasteiger partial charge in [-0.25, -0.2) is 4.39 Å². The molecule has 1 rings (SSSR count). The van der Waals surface area contributed by atoms with Crippen molar-refractivity contribution < 1.29 is 13.9 Å². The van der Waals surface area contributed by atoms with Crippen LogP contribution < -0.4 is 5.32 Å². The largest absolute Gasteiger partial charge is 0.374 e. The Morgan fingerprint density at radius 3 is 2.53 bits per heavy atom. The normalized spacial score (nSPS) is 31.8. The minimum Gasteiger partial charge on any atom is -0.374 e. The summed E-state index contributed by atoms with van der Waals surface area (Å²) in [6, 6.07) is -0.184. The number of alkyl halides is 1. The molecule has 3 atom stereocenters. The van der Waals surface area contributed by atoms with Gasteiger partial charge in [-0.05, 0) is 27.2 Å². The van der Waals surface area contributed by atoms with Gasteiger partial charge < -0.3 is 10.1 Å². The third-order valence-electron chi connectivity index (χ3n) is 2.64. The van der Waals surface area contributed by atoms with Crippen LogP contribution in [0.2, 0.25) is 0 Å². The lowest BCUT2D eigenvalue weighted by molar-refractivity contribution is -0.124.